The van der Waals surface area contributed by atoms with E-state index in [1.165, 1.54) is 0 Å². The topological polar surface area (TPSA) is 120 Å². The Balaban J connectivity index is 4.46. The molecule has 0 spiro atoms. The molecule has 1 atom stereocenters. The number of amides is 1. The van der Waals surface area contributed by atoms with Crippen LogP contribution < -0.4 is 22.8 Å². The maximum atomic E-state index is 11.2. The summed E-state index contributed by atoms with van der Waals surface area (Å²) in [5.41, 5.74) is 7.48. The van der Waals surface area contributed by atoms with E-state index in [2.05, 4.69) is 5.10 Å². The van der Waals surface area contributed by atoms with Gasteiger partial charge in [-0.15, -0.1) is 0 Å². The third-order valence-electron chi connectivity index (χ3n) is 1.67. The first-order valence-corrected chi connectivity index (χ1v) is 4.06. The zero-order valence-electron chi connectivity index (χ0n) is 7.95. The summed E-state index contributed by atoms with van der Waals surface area (Å²) in [7, 11) is 0. The number of carbonyl (C=O) groups is 1. The fourth-order valence-corrected chi connectivity index (χ4v) is 1.02. The number of nitrogens with zero attached hydrogens (tertiary/aromatic N) is 1. The van der Waals surface area contributed by atoms with Gasteiger partial charge in [-0.25, -0.2) is 5.84 Å². The van der Waals surface area contributed by atoms with Crippen LogP contribution in [0.15, 0.2) is 5.10 Å². The van der Waals surface area contributed by atoms with E-state index in [1.54, 1.807) is 0 Å². The highest BCUT2D eigenvalue weighted by molar-refractivity contribution is 6.01. The molecule has 6 nitrogen and oxygen atoms in total. The first-order chi connectivity index (χ1) is 6.02. The quantitative estimate of drug-likeness (QED) is 0.146. The first-order valence-electron chi connectivity index (χ1n) is 4.06. The predicted octanol–water partition coefficient (Wildman–Crippen LogP) is -1.13. The molecule has 0 rings (SSSR count). The predicted molar refractivity (Wildman–Crippen MR) is 51.1 cm³/mol. The summed E-state index contributed by atoms with van der Waals surface area (Å²) in [5.74, 6) is 9.51. The second-order valence-corrected chi connectivity index (χ2v) is 3.24. The highest BCUT2D eigenvalue weighted by Crippen LogP contribution is 2.11. The van der Waals surface area contributed by atoms with Gasteiger partial charge in [0, 0.05) is 0 Å². The Hall–Kier alpha value is -1.30. The molecule has 0 bridgehead atoms. The van der Waals surface area contributed by atoms with Gasteiger partial charge in [-0.3, -0.25) is 10.2 Å². The SMILES string of the molecule is CC(C)CC(C(=O)NN)/C(N)=N/N. The first kappa shape index (κ1) is 11.7. The van der Waals surface area contributed by atoms with Crippen LogP contribution in [-0.2, 0) is 4.79 Å². The molecule has 0 fully saturated rings. The lowest BCUT2D eigenvalue weighted by Gasteiger charge is -2.15. The minimum Gasteiger partial charge on any atom is -0.385 e. The normalized spacial score (nSPS) is 14.3. The zero-order valence-corrected chi connectivity index (χ0v) is 7.95. The summed E-state index contributed by atoms with van der Waals surface area (Å²) in [4.78, 5) is 11.2. The third kappa shape index (κ3) is 3.75. The van der Waals surface area contributed by atoms with Crippen molar-refractivity contribution in [1.82, 2.24) is 5.43 Å². The Bertz CT molecular complexity index is 201. The molecule has 6 heteroatoms. The lowest BCUT2D eigenvalue weighted by atomic mass is 9.95. The maximum absolute atomic E-state index is 11.2. The Morgan fingerprint density at radius 3 is 2.38 bits per heavy atom. The molecule has 7 N–H and O–H groups in total. The van der Waals surface area contributed by atoms with Gasteiger partial charge in [0.2, 0.25) is 5.91 Å². The lowest BCUT2D eigenvalue weighted by molar-refractivity contribution is -0.123. The second kappa shape index (κ2) is 5.36. The number of nitrogens with two attached hydrogens (primary N) is 3. The minimum atomic E-state index is -0.532. The highest BCUT2D eigenvalue weighted by Gasteiger charge is 2.22. The summed E-state index contributed by atoms with van der Waals surface area (Å²) in [6.45, 7) is 3.95. The van der Waals surface area contributed by atoms with Crippen LogP contribution in [0.3, 0.4) is 0 Å². The smallest absolute Gasteiger partial charge is 0.244 e. The standard InChI is InChI=1S/C7H17N5O/c1-4(2)3-5(6(8)11-9)7(13)12-10/h4-5H,3,9-10H2,1-2H3,(H2,8,11)(H,12,13). The van der Waals surface area contributed by atoms with E-state index < -0.39 is 5.92 Å². The van der Waals surface area contributed by atoms with E-state index in [0.29, 0.717) is 12.3 Å². The van der Waals surface area contributed by atoms with Crippen LogP contribution in [0.1, 0.15) is 20.3 Å². The van der Waals surface area contributed by atoms with Gasteiger partial charge in [0.25, 0.3) is 0 Å². The molecule has 0 heterocycles. The minimum absolute atomic E-state index is 0.108. The molecule has 0 aliphatic rings. The maximum Gasteiger partial charge on any atom is 0.244 e. The Kier molecular flexibility index (Phi) is 4.83. The van der Waals surface area contributed by atoms with Crippen molar-refractivity contribution in [3.8, 4) is 0 Å². The summed E-state index contributed by atoms with van der Waals surface area (Å²) in [5, 5.41) is 3.29. The van der Waals surface area contributed by atoms with Crippen LogP contribution in [0, 0.1) is 11.8 Å². The van der Waals surface area contributed by atoms with Gasteiger partial charge >= 0.3 is 0 Å². The average molecular weight is 187 g/mol. The fourth-order valence-electron chi connectivity index (χ4n) is 1.02. The molecule has 0 saturated carbocycles. The molecule has 0 aliphatic carbocycles. The Morgan fingerprint density at radius 2 is 2.08 bits per heavy atom. The van der Waals surface area contributed by atoms with Gasteiger partial charge in [-0.1, -0.05) is 13.8 Å². The summed E-state index contributed by atoms with van der Waals surface area (Å²) < 4.78 is 0. The van der Waals surface area contributed by atoms with E-state index in [1.807, 2.05) is 19.3 Å². The highest BCUT2D eigenvalue weighted by atomic mass is 16.2. The number of hydrazone groups is 1. The zero-order chi connectivity index (χ0) is 10.4. The van der Waals surface area contributed by atoms with E-state index in [4.69, 9.17) is 17.4 Å². The van der Waals surface area contributed by atoms with E-state index >= 15 is 0 Å². The molecule has 0 radical (unpaired) electrons. The number of hydrogen-bond acceptors (Lipinski definition) is 4. The van der Waals surface area contributed by atoms with Crippen molar-refractivity contribution in [2.45, 2.75) is 20.3 Å². The number of hydrazine groups is 1. The number of amidine groups is 1. The van der Waals surface area contributed by atoms with Gasteiger partial charge < -0.3 is 11.6 Å². The molecule has 0 aromatic rings. The Labute approximate surface area is 77.5 Å². The van der Waals surface area contributed by atoms with Crippen LogP contribution >= 0.6 is 0 Å². The summed E-state index contributed by atoms with van der Waals surface area (Å²) in [6, 6.07) is 0. The van der Waals surface area contributed by atoms with Crippen molar-refractivity contribution >= 4 is 11.7 Å². The molecule has 0 saturated heterocycles. The van der Waals surface area contributed by atoms with Gasteiger partial charge in [-0.05, 0) is 12.3 Å². The van der Waals surface area contributed by atoms with Crippen LogP contribution in [0.5, 0.6) is 0 Å². The molecule has 13 heavy (non-hydrogen) atoms. The van der Waals surface area contributed by atoms with Crippen LogP contribution in [0.4, 0.5) is 0 Å². The van der Waals surface area contributed by atoms with Crippen molar-refractivity contribution in [2.24, 2.45) is 34.4 Å². The molecule has 0 aromatic heterocycles. The number of carbonyl (C=O) groups excluding carboxylic acids is 1. The number of hydrogen-bond donors (Lipinski definition) is 4. The van der Waals surface area contributed by atoms with Crippen molar-refractivity contribution in [3.05, 3.63) is 0 Å². The average Bonchev–Trinajstić information content (AvgIpc) is 2.11. The molecule has 76 valence electrons. The monoisotopic (exact) mass is 187 g/mol. The summed E-state index contributed by atoms with van der Waals surface area (Å²) in [6.07, 6.45) is 0.579. The van der Waals surface area contributed by atoms with E-state index in [-0.39, 0.29) is 11.7 Å². The molecule has 1 amide bonds. The van der Waals surface area contributed by atoms with E-state index in [0.717, 1.165) is 0 Å². The van der Waals surface area contributed by atoms with Crippen LogP contribution in [-0.4, -0.2) is 11.7 Å². The number of rotatable bonds is 4. The van der Waals surface area contributed by atoms with Crippen molar-refractivity contribution in [2.75, 3.05) is 0 Å². The van der Waals surface area contributed by atoms with Crippen molar-refractivity contribution < 1.29 is 4.79 Å². The van der Waals surface area contributed by atoms with Gasteiger partial charge in [0.1, 0.15) is 5.84 Å². The fraction of sp³-hybridized carbons (Fsp3) is 0.714. The number of nitrogens with one attached hydrogen (secondary N) is 1. The lowest BCUT2D eigenvalue weighted by Crippen LogP contribution is -2.43. The van der Waals surface area contributed by atoms with Crippen LogP contribution in [0.2, 0.25) is 0 Å². The largest absolute Gasteiger partial charge is 0.385 e. The molecule has 1 unspecified atom stereocenters. The van der Waals surface area contributed by atoms with E-state index in [9.17, 15) is 4.79 Å². The van der Waals surface area contributed by atoms with Gasteiger partial charge in [-0.2, -0.15) is 5.10 Å². The summed E-state index contributed by atoms with van der Waals surface area (Å²) >= 11 is 0. The van der Waals surface area contributed by atoms with Crippen molar-refractivity contribution in [3.63, 3.8) is 0 Å². The van der Waals surface area contributed by atoms with Gasteiger partial charge in [0.15, 0.2) is 0 Å². The van der Waals surface area contributed by atoms with Crippen molar-refractivity contribution in [1.29, 1.82) is 0 Å². The molecule has 0 aliphatic heterocycles. The van der Waals surface area contributed by atoms with Crippen LogP contribution in [0.25, 0.3) is 0 Å². The third-order valence-corrected chi connectivity index (χ3v) is 1.67. The molecular formula is C7H17N5O. The second-order valence-electron chi connectivity index (χ2n) is 3.24. The molecular weight excluding hydrogens is 170 g/mol. The Morgan fingerprint density at radius 1 is 1.54 bits per heavy atom. The molecule has 0 aromatic carbocycles. The van der Waals surface area contributed by atoms with Gasteiger partial charge in [0.05, 0.1) is 5.92 Å².